The molecule has 4 heteroatoms. The van der Waals surface area contributed by atoms with Gasteiger partial charge in [-0.15, -0.1) is 0 Å². The lowest BCUT2D eigenvalue weighted by Gasteiger charge is -2.17. The SMILES string of the molecule is COc1ccc(N(C)CCCCCBr)nc1. The molecule has 0 bridgehead atoms. The van der Waals surface area contributed by atoms with Crippen molar-refractivity contribution in [3.63, 3.8) is 0 Å². The van der Waals surface area contributed by atoms with Crippen molar-refractivity contribution in [2.24, 2.45) is 0 Å². The molecule has 0 radical (unpaired) electrons. The Balaban J connectivity index is 2.37. The zero-order valence-corrected chi connectivity index (χ0v) is 11.5. The molecule has 90 valence electrons. The molecule has 0 unspecified atom stereocenters. The van der Waals surface area contributed by atoms with Crippen LogP contribution in [-0.2, 0) is 0 Å². The topological polar surface area (TPSA) is 25.4 Å². The Hall–Kier alpha value is -0.770. The average molecular weight is 287 g/mol. The zero-order valence-electron chi connectivity index (χ0n) is 9.95. The van der Waals surface area contributed by atoms with Gasteiger partial charge in [-0.05, 0) is 25.0 Å². The summed E-state index contributed by atoms with van der Waals surface area (Å²) in [6.45, 7) is 1.05. The van der Waals surface area contributed by atoms with Crippen LogP contribution in [0.1, 0.15) is 19.3 Å². The number of pyridine rings is 1. The summed E-state index contributed by atoms with van der Waals surface area (Å²) in [6, 6.07) is 3.93. The molecule has 1 rings (SSSR count). The van der Waals surface area contributed by atoms with Gasteiger partial charge in [0, 0.05) is 18.9 Å². The van der Waals surface area contributed by atoms with E-state index in [0.717, 1.165) is 23.4 Å². The highest BCUT2D eigenvalue weighted by molar-refractivity contribution is 9.09. The van der Waals surface area contributed by atoms with E-state index in [2.05, 4.69) is 32.9 Å². The van der Waals surface area contributed by atoms with E-state index in [9.17, 15) is 0 Å². The van der Waals surface area contributed by atoms with Crippen LogP contribution in [0.5, 0.6) is 5.75 Å². The van der Waals surface area contributed by atoms with Gasteiger partial charge in [0.1, 0.15) is 11.6 Å². The molecule has 0 atom stereocenters. The summed E-state index contributed by atoms with van der Waals surface area (Å²) in [5, 5.41) is 1.09. The van der Waals surface area contributed by atoms with E-state index in [1.54, 1.807) is 13.3 Å². The van der Waals surface area contributed by atoms with Crippen LogP contribution in [0.3, 0.4) is 0 Å². The fourth-order valence-corrected chi connectivity index (χ4v) is 1.85. The maximum Gasteiger partial charge on any atom is 0.137 e. The molecule has 0 aliphatic heterocycles. The number of alkyl halides is 1. The van der Waals surface area contributed by atoms with Crippen molar-refractivity contribution in [2.75, 3.05) is 30.9 Å². The molecule has 3 nitrogen and oxygen atoms in total. The van der Waals surface area contributed by atoms with E-state index in [1.165, 1.54) is 19.3 Å². The first-order chi connectivity index (χ1) is 7.77. The summed E-state index contributed by atoms with van der Waals surface area (Å²) in [5.41, 5.74) is 0. The van der Waals surface area contributed by atoms with Gasteiger partial charge in [0.25, 0.3) is 0 Å². The first kappa shape index (κ1) is 13.3. The smallest absolute Gasteiger partial charge is 0.137 e. The lowest BCUT2D eigenvalue weighted by atomic mass is 10.2. The van der Waals surface area contributed by atoms with Crippen LogP contribution in [0.25, 0.3) is 0 Å². The maximum absolute atomic E-state index is 5.08. The second kappa shape index (κ2) is 7.49. The number of aromatic nitrogens is 1. The Morgan fingerprint density at radius 3 is 2.69 bits per heavy atom. The quantitative estimate of drug-likeness (QED) is 0.569. The van der Waals surface area contributed by atoms with Crippen LogP contribution >= 0.6 is 15.9 Å². The largest absolute Gasteiger partial charge is 0.495 e. The Morgan fingerprint density at radius 2 is 2.12 bits per heavy atom. The predicted molar refractivity (Wildman–Crippen MR) is 71.7 cm³/mol. The average Bonchev–Trinajstić information content (AvgIpc) is 2.34. The van der Waals surface area contributed by atoms with Crippen molar-refractivity contribution >= 4 is 21.7 Å². The lowest BCUT2D eigenvalue weighted by molar-refractivity contribution is 0.413. The fraction of sp³-hybridized carbons (Fsp3) is 0.583. The van der Waals surface area contributed by atoms with Gasteiger partial charge in [0.2, 0.25) is 0 Å². The molecule has 0 aromatic carbocycles. The van der Waals surface area contributed by atoms with Crippen molar-refractivity contribution in [3.8, 4) is 5.75 Å². The van der Waals surface area contributed by atoms with Gasteiger partial charge < -0.3 is 9.64 Å². The van der Waals surface area contributed by atoms with Gasteiger partial charge in [-0.25, -0.2) is 4.98 Å². The van der Waals surface area contributed by atoms with Crippen molar-refractivity contribution in [1.82, 2.24) is 4.98 Å². The van der Waals surface area contributed by atoms with Gasteiger partial charge >= 0.3 is 0 Å². The molecular weight excluding hydrogens is 268 g/mol. The van der Waals surface area contributed by atoms with E-state index < -0.39 is 0 Å². The minimum absolute atomic E-state index is 0.802. The van der Waals surface area contributed by atoms with Gasteiger partial charge in [-0.1, -0.05) is 22.4 Å². The molecule has 0 spiro atoms. The lowest BCUT2D eigenvalue weighted by Crippen LogP contribution is -2.19. The number of rotatable bonds is 7. The summed E-state index contributed by atoms with van der Waals surface area (Å²) in [5.74, 6) is 1.80. The standard InChI is InChI=1S/C12H19BrN2O/c1-15(9-5-3-4-8-13)12-7-6-11(16-2)10-14-12/h6-7,10H,3-5,8-9H2,1-2H3. The van der Waals surface area contributed by atoms with E-state index >= 15 is 0 Å². The summed E-state index contributed by atoms with van der Waals surface area (Å²) < 4.78 is 5.08. The first-order valence-electron chi connectivity index (χ1n) is 5.55. The monoisotopic (exact) mass is 286 g/mol. The van der Waals surface area contributed by atoms with Crippen molar-refractivity contribution in [1.29, 1.82) is 0 Å². The number of halogens is 1. The highest BCUT2D eigenvalue weighted by Crippen LogP contribution is 2.14. The normalized spacial score (nSPS) is 10.2. The molecule has 0 aliphatic rings. The van der Waals surface area contributed by atoms with Gasteiger partial charge in [-0.2, -0.15) is 0 Å². The number of nitrogens with zero attached hydrogens (tertiary/aromatic N) is 2. The predicted octanol–water partition coefficient (Wildman–Crippen LogP) is 3.09. The minimum atomic E-state index is 0.802. The Bertz CT molecular complexity index is 290. The van der Waals surface area contributed by atoms with Crippen LogP contribution < -0.4 is 9.64 Å². The summed E-state index contributed by atoms with van der Waals surface area (Å²) in [4.78, 5) is 6.51. The molecule has 1 aromatic heterocycles. The number of anilines is 1. The number of methoxy groups -OCH3 is 1. The number of unbranched alkanes of at least 4 members (excludes halogenated alkanes) is 2. The van der Waals surface area contributed by atoms with Crippen LogP contribution in [0.2, 0.25) is 0 Å². The summed E-state index contributed by atoms with van der Waals surface area (Å²) in [6.07, 6.45) is 5.45. The van der Waals surface area contributed by atoms with Gasteiger partial charge in [0.15, 0.2) is 0 Å². The number of hydrogen-bond donors (Lipinski definition) is 0. The third-order valence-electron chi connectivity index (χ3n) is 2.47. The van der Waals surface area contributed by atoms with E-state index in [0.29, 0.717) is 0 Å². The van der Waals surface area contributed by atoms with E-state index in [4.69, 9.17) is 4.74 Å². The Labute approximate surface area is 106 Å². The fourth-order valence-electron chi connectivity index (χ4n) is 1.45. The molecule has 16 heavy (non-hydrogen) atoms. The first-order valence-corrected chi connectivity index (χ1v) is 6.67. The highest BCUT2D eigenvalue weighted by atomic mass is 79.9. The number of hydrogen-bond acceptors (Lipinski definition) is 3. The van der Waals surface area contributed by atoms with Crippen LogP contribution in [0, 0.1) is 0 Å². The van der Waals surface area contributed by atoms with Crippen molar-refractivity contribution < 1.29 is 4.74 Å². The Kier molecular flexibility index (Phi) is 6.23. The van der Waals surface area contributed by atoms with Gasteiger partial charge in [-0.3, -0.25) is 0 Å². The van der Waals surface area contributed by atoms with E-state index in [1.807, 2.05) is 12.1 Å². The molecule has 0 aliphatic carbocycles. The minimum Gasteiger partial charge on any atom is -0.495 e. The van der Waals surface area contributed by atoms with Crippen molar-refractivity contribution in [2.45, 2.75) is 19.3 Å². The van der Waals surface area contributed by atoms with E-state index in [-0.39, 0.29) is 0 Å². The second-order valence-corrected chi connectivity index (χ2v) is 4.52. The second-order valence-electron chi connectivity index (χ2n) is 3.73. The Morgan fingerprint density at radius 1 is 1.31 bits per heavy atom. The molecule has 0 saturated heterocycles. The van der Waals surface area contributed by atoms with Crippen LogP contribution in [-0.4, -0.2) is 31.0 Å². The van der Waals surface area contributed by atoms with Crippen LogP contribution in [0.15, 0.2) is 18.3 Å². The molecule has 0 N–H and O–H groups in total. The molecule has 0 fully saturated rings. The summed E-state index contributed by atoms with van der Waals surface area (Å²) >= 11 is 3.44. The highest BCUT2D eigenvalue weighted by Gasteiger charge is 2.01. The molecular formula is C12H19BrN2O. The molecule has 1 heterocycles. The molecule has 0 amide bonds. The summed E-state index contributed by atoms with van der Waals surface area (Å²) in [7, 11) is 3.73. The van der Waals surface area contributed by atoms with Crippen LogP contribution in [0.4, 0.5) is 5.82 Å². The number of ether oxygens (including phenoxy) is 1. The third kappa shape index (κ3) is 4.39. The van der Waals surface area contributed by atoms with Gasteiger partial charge in [0.05, 0.1) is 13.3 Å². The van der Waals surface area contributed by atoms with Crippen molar-refractivity contribution in [3.05, 3.63) is 18.3 Å². The third-order valence-corrected chi connectivity index (χ3v) is 3.04. The maximum atomic E-state index is 5.08. The molecule has 1 aromatic rings. The molecule has 0 saturated carbocycles. The zero-order chi connectivity index (χ0) is 11.8.